The van der Waals surface area contributed by atoms with Gasteiger partial charge >= 0.3 is 0 Å². The average Bonchev–Trinajstić information content (AvgIpc) is 2.36. The topological polar surface area (TPSA) is 75.9 Å². The molecule has 0 radical (unpaired) electrons. The summed E-state index contributed by atoms with van der Waals surface area (Å²) in [4.78, 5) is 27.3. The fourth-order valence-electron chi connectivity index (χ4n) is 1.96. The molecule has 19 heavy (non-hydrogen) atoms. The van der Waals surface area contributed by atoms with Crippen LogP contribution in [-0.2, 0) is 14.3 Å². The summed E-state index contributed by atoms with van der Waals surface area (Å²) in [5.41, 5.74) is 5.73. The lowest BCUT2D eigenvalue weighted by atomic mass is 9.86. The number of hydrogen-bond acceptors (Lipinski definition) is 4. The molecule has 1 heterocycles. The van der Waals surface area contributed by atoms with Crippen LogP contribution in [0.4, 0.5) is 0 Å². The summed E-state index contributed by atoms with van der Waals surface area (Å²) < 4.78 is 4.82. The minimum absolute atomic E-state index is 0.0327. The van der Waals surface area contributed by atoms with E-state index < -0.39 is 6.04 Å². The molecular formula is C13H25N3O3. The quantitative estimate of drug-likeness (QED) is 0.763. The number of nitrogens with two attached hydrogens (primary N) is 1. The van der Waals surface area contributed by atoms with Crippen LogP contribution in [-0.4, -0.2) is 67.6 Å². The Morgan fingerprint density at radius 1 is 1.16 bits per heavy atom. The lowest BCUT2D eigenvalue weighted by Crippen LogP contribution is -2.57. The molecule has 0 bridgehead atoms. The van der Waals surface area contributed by atoms with E-state index in [1.165, 1.54) is 7.11 Å². The molecule has 1 atom stereocenters. The van der Waals surface area contributed by atoms with E-state index in [4.69, 9.17) is 10.5 Å². The predicted octanol–water partition coefficient (Wildman–Crippen LogP) is -0.323. The highest BCUT2D eigenvalue weighted by Crippen LogP contribution is 2.19. The first-order valence-electron chi connectivity index (χ1n) is 6.58. The molecule has 0 saturated carbocycles. The number of piperazine rings is 1. The minimum atomic E-state index is -0.506. The van der Waals surface area contributed by atoms with Crippen molar-refractivity contribution < 1.29 is 14.3 Å². The molecule has 1 saturated heterocycles. The van der Waals surface area contributed by atoms with E-state index >= 15 is 0 Å². The fraction of sp³-hybridized carbons (Fsp3) is 0.846. The zero-order valence-electron chi connectivity index (χ0n) is 12.3. The number of carbonyl (C=O) groups is 2. The standard InChI is InChI=1S/C13H25N3O3/c1-13(2,3)11(14)12(18)16-7-5-15(6-8-16)10(17)9-19-4/h11H,5-9,14H2,1-4H3/t11-/m0/s1. The first-order valence-corrected chi connectivity index (χ1v) is 6.58. The molecular weight excluding hydrogens is 246 g/mol. The zero-order chi connectivity index (χ0) is 14.6. The molecule has 0 aromatic rings. The smallest absolute Gasteiger partial charge is 0.248 e. The molecule has 0 aromatic heterocycles. The number of carbonyl (C=O) groups excluding carboxylic acids is 2. The van der Waals surface area contributed by atoms with Gasteiger partial charge in [0.05, 0.1) is 6.04 Å². The Bertz CT molecular complexity index is 331. The number of amides is 2. The maximum atomic E-state index is 12.2. The fourth-order valence-corrected chi connectivity index (χ4v) is 1.96. The second-order valence-electron chi connectivity index (χ2n) is 5.98. The number of nitrogens with zero attached hydrogens (tertiary/aromatic N) is 2. The first kappa shape index (κ1) is 15.9. The van der Waals surface area contributed by atoms with E-state index in [2.05, 4.69) is 0 Å². The largest absolute Gasteiger partial charge is 0.375 e. The van der Waals surface area contributed by atoms with Gasteiger partial charge in [-0.3, -0.25) is 9.59 Å². The summed E-state index contributed by atoms with van der Waals surface area (Å²) in [5.74, 6) is -0.0685. The van der Waals surface area contributed by atoms with Gasteiger partial charge in [0.25, 0.3) is 0 Å². The number of rotatable bonds is 3. The van der Waals surface area contributed by atoms with Crippen molar-refractivity contribution >= 4 is 11.8 Å². The molecule has 6 nitrogen and oxygen atoms in total. The van der Waals surface area contributed by atoms with Gasteiger partial charge < -0.3 is 20.3 Å². The van der Waals surface area contributed by atoms with Crippen molar-refractivity contribution in [2.75, 3.05) is 39.9 Å². The van der Waals surface area contributed by atoms with Crippen molar-refractivity contribution in [3.63, 3.8) is 0 Å². The summed E-state index contributed by atoms with van der Waals surface area (Å²) in [6.45, 7) is 8.12. The summed E-state index contributed by atoms with van der Waals surface area (Å²) in [6.07, 6.45) is 0. The van der Waals surface area contributed by atoms with Gasteiger partial charge in [0.15, 0.2) is 0 Å². The molecule has 1 aliphatic heterocycles. The molecule has 2 amide bonds. The van der Waals surface area contributed by atoms with Gasteiger partial charge in [-0.1, -0.05) is 20.8 Å². The van der Waals surface area contributed by atoms with Crippen molar-refractivity contribution in [1.82, 2.24) is 9.80 Å². The number of methoxy groups -OCH3 is 1. The summed E-state index contributed by atoms with van der Waals surface area (Å²) in [6, 6.07) is -0.506. The van der Waals surface area contributed by atoms with Gasteiger partial charge in [0, 0.05) is 33.3 Å². The molecule has 0 spiro atoms. The normalized spacial score (nSPS) is 18.4. The van der Waals surface area contributed by atoms with Crippen molar-refractivity contribution in [2.45, 2.75) is 26.8 Å². The average molecular weight is 271 g/mol. The van der Waals surface area contributed by atoms with Crippen LogP contribution >= 0.6 is 0 Å². The SMILES string of the molecule is COCC(=O)N1CCN(C(=O)[C@H](N)C(C)(C)C)CC1. The third-order valence-electron chi connectivity index (χ3n) is 3.41. The highest BCUT2D eigenvalue weighted by atomic mass is 16.5. The van der Waals surface area contributed by atoms with Crippen LogP contribution in [0.5, 0.6) is 0 Å². The predicted molar refractivity (Wildman–Crippen MR) is 72.5 cm³/mol. The molecule has 1 rings (SSSR count). The van der Waals surface area contributed by atoms with E-state index in [-0.39, 0.29) is 23.8 Å². The van der Waals surface area contributed by atoms with E-state index in [0.29, 0.717) is 26.2 Å². The maximum Gasteiger partial charge on any atom is 0.248 e. The zero-order valence-corrected chi connectivity index (χ0v) is 12.3. The number of ether oxygens (including phenoxy) is 1. The Kier molecular flexibility index (Phi) is 5.31. The number of hydrogen-bond donors (Lipinski definition) is 1. The lowest BCUT2D eigenvalue weighted by Gasteiger charge is -2.38. The van der Waals surface area contributed by atoms with Gasteiger partial charge in [-0.05, 0) is 5.41 Å². The second-order valence-corrected chi connectivity index (χ2v) is 5.98. The molecule has 1 aliphatic rings. The maximum absolute atomic E-state index is 12.2. The van der Waals surface area contributed by atoms with Crippen LogP contribution in [0.1, 0.15) is 20.8 Å². The monoisotopic (exact) mass is 271 g/mol. The molecule has 0 aliphatic carbocycles. The Morgan fingerprint density at radius 3 is 2.05 bits per heavy atom. The van der Waals surface area contributed by atoms with Crippen molar-refractivity contribution in [1.29, 1.82) is 0 Å². The Morgan fingerprint density at radius 2 is 1.63 bits per heavy atom. The highest BCUT2D eigenvalue weighted by molar-refractivity contribution is 5.83. The van der Waals surface area contributed by atoms with Gasteiger partial charge in [0.1, 0.15) is 6.61 Å². The van der Waals surface area contributed by atoms with Crippen LogP contribution in [0, 0.1) is 5.41 Å². The Hall–Kier alpha value is -1.14. The van der Waals surface area contributed by atoms with Crippen LogP contribution in [0.3, 0.4) is 0 Å². The molecule has 6 heteroatoms. The van der Waals surface area contributed by atoms with Gasteiger partial charge in [0.2, 0.25) is 11.8 Å². The van der Waals surface area contributed by atoms with E-state index in [0.717, 1.165) is 0 Å². The van der Waals surface area contributed by atoms with Crippen molar-refractivity contribution in [2.24, 2.45) is 11.1 Å². The van der Waals surface area contributed by atoms with E-state index in [9.17, 15) is 9.59 Å². The van der Waals surface area contributed by atoms with Crippen LogP contribution in [0.2, 0.25) is 0 Å². The molecule has 110 valence electrons. The van der Waals surface area contributed by atoms with Gasteiger partial charge in [-0.15, -0.1) is 0 Å². The highest BCUT2D eigenvalue weighted by Gasteiger charge is 2.33. The Balaban J connectivity index is 2.50. The molecule has 1 fully saturated rings. The van der Waals surface area contributed by atoms with Crippen LogP contribution < -0.4 is 5.73 Å². The van der Waals surface area contributed by atoms with Crippen LogP contribution in [0.25, 0.3) is 0 Å². The van der Waals surface area contributed by atoms with Crippen LogP contribution in [0.15, 0.2) is 0 Å². The minimum Gasteiger partial charge on any atom is -0.375 e. The van der Waals surface area contributed by atoms with E-state index in [1.54, 1.807) is 9.80 Å². The van der Waals surface area contributed by atoms with Crippen molar-refractivity contribution in [3.05, 3.63) is 0 Å². The third kappa shape index (κ3) is 4.18. The summed E-state index contributed by atoms with van der Waals surface area (Å²) >= 11 is 0. The summed E-state index contributed by atoms with van der Waals surface area (Å²) in [7, 11) is 1.50. The summed E-state index contributed by atoms with van der Waals surface area (Å²) in [5, 5.41) is 0. The molecule has 0 aromatic carbocycles. The van der Waals surface area contributed by atoms with Gasteiger partial charge in [-0.25, -0.2) is 0 Å². The second kappa shape index (κ2) is 6.34. The Labute approximate surface area is 114 Å². The third-order valence-corrected chi connectivity index (χ3v) is 3.41. The molecule has 0 unspecified atom stereocenters. The lowest BCUT2D eigenvalue weighted by molar-refractivity contribution is -0.143. The van der Waals surface area contributed by atoms with E-state index in [1.807, 2.05) is 20.8 Å². The van der Waals surface area contributed by atoms with Gasteiger partial charge in [-0.2, -0.15) is 0 Å². The van der Waals surface area contributed by atoms with Crippen molar-refractivity contribution in [3.8, 4) is 0 Å². The molecule has 2 N–H and O–H groups in total. The first-order chi connectivity index (χ1) is 8.77.